The number of aryl methyl sites for hydroxylation is 1. The molecule has 6 nitrogen and oxygen atoms in total. The first-order valence-corrected chi connectivity index (χ1v) is 9.02. The van der Waals surface area contributed by atoms with E-state index in [0.717, 1.165) is 17.3 Å². The summed E-state index contributed by atoms with van der Waals surface area (Å²) in [6.07, 6.45) is 8.70. The zero-order valence-corrected chi connectivity index (χ0v) is 14.8. The van der Waals surface area contributed by atoms with Crippen LogP contribution in [0.4, 0.5) is 0 Å². The SMILES string of the molecule is CC=CCn1c(SCCCCCC)nc2c1c(=O)[nH]c(=O)n2C. The van der Waals surface area contributed by atoms with Gasteiger partial charge in [0, 0.05) is 19.3 Å². The third-order valence-corrected chi connectivity index (χ3v) is 4.79. The molecule has 0 unspecified atom stereocenters. The molecule has 126 valence electrons. The summed E-state index contributed by atoms with van der Waals surface area (Å²) >= 11 is 1.65. The van der Waals surface area contributed by atoms with E-state index >= 15 is 0 Å². The van der Waals surface area contributed by atoms with Crippen LogP contribution in [0.3, 0.4) is 0 Å². The van der Waals surface area contributed by atoms with Crippen LogP contribution in [0.15, 0.2) is 26.9 Å². The Morgan fingerprint density at radius 1 is 1.26 bits per heavy atom. The third kappa shape index (κ3) is 3.96. The summed E-state index contributed by atoms with van der Waals surface area (Å²) in [5.74, 6) is 0.963. The smallest absolute Gasteiger partial charge is 0.309 e. The number of aromatic amines is 1. The number of imidazole rings is 1. The lowest BCUT2D eigenvalue weighted by atomic mass is 10.2. The van der Waals surface area contributed by atoms with Gasteiger partial charge in [0.1, 0.15) is 0 Å². The summed E-state index contributed by atoms with van der Waals surface area (Å²) in [6.45, 7) is 4.71. The summed E-state index contributed by atoms with van der Waals surface area (Å²) in [5.41, 5.74) is 0.0937. The molecule has 7 heteroatoms. The van der Waals surface area contributed by atoms with E-state index in [0.29, 0.717) is 17.7 Å². The average Bonchev–Trinajstić information content (AvgIpc) is 2.89. The summed E-state index contributed by atoms with van der Waals surface area (Å²) in [4.78, 5) is 30.9. The van der Waals surface area contributed by atoms with E-state index in [1.807, 2.05) is 23.6 Å². The van der Waals surface area contributed by atoms with Gasteiger partial charge in [-0.1, -0.05) is 50.1 Å². The van der Waals surface area contributed by atoms with Gasteiger partial charge in [0.25, 0.3) is 5.56 Å². The van der Waals surface area contributed by atoms with Crippen LogP contribution in [0, 0.1) is 0 Å². The fourth-order valence-electron chi connectivity index (χ4n) is 2.40. The van der Waals surface area contributed by atoms with Crippen LogP contribution < -0.4 is 11.2 Å². The van der Waals surface area contributed by atoms with Crippen LogP contribution in [0.1, 0.15) is 39.5 Å². The molecule has 2 rings (SSSR count). The van der Waals surface area contributed by atoms with E-state index in [2.05, 4.69) is 16.9 Å². The van der Waals surface area contributed by atoms with Gasteiger partial charge >= 0.3 is 5.69 Å². The molecule has 23 heavy (non-hydrogen) atoms. The van der Waals surface area contributed by atoms with E-state index in [1.165, 1.54) is 23.8 Å². The zero-order valence-electron chi connectivity index (χ0n) is 14.0. The van der Waals surface area contributed by atoms with Gasteiger partial charge in [-0.2, -0.15) is 0 Å². The predicted molar refractivity (Wildman–Crippen MR) is 95.3 cm³/mol. The Balaban J connectivity index is 2.38. The number of rotatable bonds is 8. The van der Waals surface area contributed by atoms with Crippen LogP contribution in [0.5, 0.6) is 0 Å². The number of nitrogens with one attached hydrogen (secondary N) is 1. The van der Waals surface area contributed by atoms with Crippen molar-refractivity contribution in [1.82, 2.24) is 19.1 Å². The fourth-order valence-corrected chi connectivity index (χ4v) is 3.40. The number of unbranched alkanes of at least 4 members (excludes halogenated alkanes) is 3. The number of H-pyrrole nitrogens is 1. The number of hydrogen-bond donors (Lipinski definition) is 1. The van der Waals surface area contributed by atoms with Crippen molar-refractivity contribution in [2.45, 2.75) is 51.2 Å². The van der Waals surface area contributed by atoms with E-state index < -0.39 is 5.69 Å². The van der Waals surface area contributed by atoms with Gasteiger partial charge in [0.2, 0.25) is 0 Å². The molecule has 2 heterocycles. The number of nitrogens with zero attached hydrogens (tertiary/aromatic N) is 3. The number of hydrogen-bond acceptors (Lipinski definition) is 4. The Kier molecular flexibility index (Phi) is 6.27. The number of thioether (sulfide) groups is 1. The van der Waals surface area contributed by atoms with Gasteiger partial charge in [-0.3, -0.25) is 14.3 Å². The zero-order chi connectivity index (χ0) is 16.8. The molecular weight excluding hydrogens is 312 g/mol. The van der Waals surface area contributed by atoms with Gasteiger partial charge in [-0.15, -0.1) is 0 Å². The summed E-state index contributed by atoms with van der Waals surface area (Å²) in [6, 6.07) is 0. The molecule has 0 saturated carbocycles. The number of aromatic nitrogens is 4. The number of allylic oxidation sites excluding steroid dienone is 2. The van der Waals surface area contributed by atoms with Crippen molar-refractivity contribution >= 4 is 22.9 Å². The minimum Gasteiger partial charge on any atom is -0.309 e. The minimum absolute atomic E-state index is 0.377. The van der Waals surface area contributed by atoms with Crippen molar-refractivity contribution in [3.05, 3.63) is 33.0 Å². The average molecular weight is 336 g/mol. The van der Waals surface area contributed by atoms with Crippen molar-refractivity contribution < 1.29 is 0 Å². The highest BCUT2D eigenvalue weighted by Gasteiger charge is 2.16. The van der Waals surface area contributed by atoms with Crippen molar-refractivity contribution in [1.29, 1.82) is 0 Å². The van der Waals surface area contributed by atoms with Crippen LogP contribution >= 0.6 is 11.8 Å². The molecule has 0 aliphatic rings. The first-order valence-electron chi connectivity index (χ1n) is 8.03. The maximum atomic E-state index is 12.2. The monoisotopic (exact) mass is 336 g/mol. The Morgan fingerprint density at radius 2 is 2.04 bits per heavy atom. The maximum Gasteiger partial charge on any atom is 0.329 e. The molecule has 2 aromatic heterocycles. The molecule has 2 aromatic rings. The first-order chi connectivity index (χ1) is 11.1. The summed E-state index contributed by atoms with van der Waals surface area (Å²) < 4.78 is 3.28. The molecule has 0 atom stereocenters. The molecule has 0 amide bonds. The molecule has 0 radical (unpaired) electrons. The van der Waals surface area contributed by atoms with Gasteiger partial charge < -0.3 is 4.57 Å². The molecule has 0 aliphatic carbocycles. The molecule has 0 aromatic carbocycles. The lowest BCUT2D eigenvalue weighted by Crippen LogP contribution is -2.29. The van der Waals surface area contributed by atoms with Gasteiger partial charge in [0.15, 0.2) is 16.3 Å². The topological polar surface area (TPSA) is 72.7 Å². The Labute approximate surface area is 139 Å². The Morgan fingerprint density at radius 3 is 2.74 bits per heavy atom. The highest BCUT2D eigenvalue weighted by Crippen LogP contribution is 2.23. The summed E-state index contributed by atoms with van der Waals surface area (Å²) in [7, 11) is 1.63. The lowest BCUT2D eigenvalue weighted by Gasteiger charge is -2.05. The van der Waals surface area contributed by atoms with Gasteiger partial charge in [0.05, 0.1) is 0 Å². The Bertz CT molecular complexity index is 801. The standard InChI is InChI=1S/C16H24N4O2S/c1-4-6-8-9-11-23-16-17-13-12(20(16)10-7-5-2)14(21)18-15(22)19(13)3/h5,7H,4,6,8-11H2,1-3H3,(H,18,21,22). The molecule has 0 saturated heterocycles. The maximum absolute atomic E-state index is 12.2. The molecular formula is C16H24N4O2S. The van der Waals surface area contributed by atoms with Crippen molar-refractivity contribution in [3.8, 4) is 0 Å². The molecule has 1 N–H and O–H groups in total. The van der Waals surface area contributed by atoms with E-state index in [4.69, 9.17) is 0 Å². The highest BCUT2D eigenvalue weighted by atomic mass is 32.2. The minimum atomic E-state index is -0.433. The van der Waals surface area contributed by atoms with Crippen molar-refractivity contribution in [3.63, 3.8) is 0 Å². The van der Waals surface area contributed by atoms with E-state index in [-0.39, 0.29) is 5.56 Å². The normalized spacial score (nSPS) is 11.8. The molecule has 0 fully saturated rings. The molecule has 0 spiro atoms. The molecule has 0 bridgehead atoms. The second-order valence-corrected chi connectivity index (χ2v) is 6.54. The van der Waals surface area contributed by atoms with Crippen LogP contribution in [0.2, 0.25) is 0 Å². The Hall–Kier alpha value is -1.76. The van der Waals surface area contributed by atoms with Crippen molar-refractivity contribution in [2.24, 2.45) is 7.05 Å². The lowest BCUT2D eigenvalue weighted by molar-refractivity contribution is 0.703. The van der Waals surface area contributed by atoms with E-state index in [1.54, 1.807) is 18.8 Å². The first kappa shape index (κ1) is 17.6. The highest BCUT2D eigenvalue weighted by molar-refractivity contribution is 7.99. The second-order valence-electron chi connectivity index (χ2n) is 5.47. The second kappa shape index (κ2) is 8.19. The van der Waals surface area contributed by atoms with Crippen LogP contribution in [-0.4, -0.2) is 24.9 Å². The molecule has 0 aliphatic heterocycles. The van der Waals surface area contributed by atoms with Crippen molar-refractivity contribution in [2.75, 3.05) is 5.75 Å². The largest absolute Gasteiger partial charge is 0.329 e. The van der Waals surface area contributed by atoms with Crippen LogP contribution in [-0.2, 0) is 13.6 Å². The van der Waals surface area contributed by atoms with E-state index in [9.17, 15) is 9.59 Å². The quantitative estimate of drug-likeness (QED) is 0.457. The predicted octanol–water partition coefficient (Wildman–Crippen LogP) is 2.67. The van der Waals surface area contributed by atoms with Crippen LogP contribution in [0.25, 0.3) is 11.2 Å². The van der Waals surface area contributed by atoms with Gasteiger partial charge in [-0.05, 0) is 13.3 Å². The number of fused-ring (bicyclic) bond motifs is 1. The summed E-state index contributed by atoms with van der Waals surface area (Å²) in [5, 5.41) is 0.793. The third-order valence-electron chi connectivity index (χ3n) is 3.72. The fraction of sp³-hybridized carbons (Fsp3) is 0.562. The van der Waals surface area contributed by atoms with Gasteiger partial charge in [-0.25, -0.2) is 9.78 Å².